The second-order valence-electron chi connectivity index (χ2n) is 8.42. The zero-order chi connectivity index (χ0) is 23.0. The van der Waals surface area contributed by atoms with Crippen molar-refractivity contribution in [2.24, 2.45) is 0 Å². The van der Waals surface area contributed by atoms with Crippen LogP contribution in [0, 0.1) is 0 Å². The van der Waals surface area contributed by atoms with Crippen molar-refractivity contribution in [3.63, 3.8) is 0 Å². The first-order chi connectivity index (χ1) is 14.6. The standard InChI is InChI=1S/C25H32O6/c1-17(26)13-21(28)15-30-23-9-5-19(6-10-23)25(3,4)20-7-11-24(12-8-20)31-16-22(29)14-18(2)27/h5-12,21-22,28-29H,13-16H2,1-4H3. The molecular formula is C25H32O6. The van der Waals surface area contributed by atoms with Crippen molar-refractivity contribution < 1.29 is 29.3 Å². The molecule has 31 heavy (non-hydrogen) atoms. The zero-order valence-electron chi connectivity index (χ0n) is 18.6. The molecule has 0 radical (unpaired) electrons. The first-order valence-corrected chi connectivity index (χ1v) is 10.4. The number of hydrogen-bond acceptors (Lipinski definition) is 6. The molecule has 0 bridgehead atoms. The van der Waals surface area contributed by atoms with E-state index in [0.29, 0.717) is 11.5 Å². The van der Waals surface area contributed by atoms with Gasteiger partial charge < -0.3 is 19.7 Å². The molecule has 0 saturated heterocycles. The minimum absolute atomic E-state index is 0.0724. The summed E-state index contributed by atoms with van der Waals surface area (Å²) in [6.07, 6.45) is -1.45. The molecule has 0 heterocycles. The number of benzene rings is 2. The molecule has 0 amide bonds. The van der Waals surface area contributed by atoms with E-state index in [0.717, 1.165) is 11.1 Å². The highest BCUT2D eigenvalue weighted by Crippen LogP contribution is 2.33. The maximum absolute atomic E-state index is 11.0. The lowest BCUT2D eigenvalue weighted by Crippen LogP contribution is -2.21. The molecule has 6 nitrogen and oxygen atoms in total. The van der Waals surface area contributed by atoms with E-state index in [2.05, 4.69) is 13.8 Å². The van der Waals surface area contributed by atoms with Gasteiger partial charge in [-0.1, -0.05) is 38.1 Å². The lowest BCUT2D eigenvalue weighted by atomic mass is 9.78. The van der Waals surface area contributed by atoms with Crippen LogP contribution in [0.3, 0.4) is 0 Å². The minimum Gasteiger partial charge on any atom is -0.491 e. The molecule has 2 unspecified atom stereocenters. The Hall–Kier alpha value is -2.70. The van der Waals surface area contributed by atoms with Crippen LogP contribution in [0.5, 0.6) is 11.5 Å². The molecule has 6 heteroatoms. The van der Waals surface area contributed by atoms with Crippen LogP contribution in [0.1, 0.15) is 51.7 Å². The molecule has 0 aliphatic rings. The third kappa shape index (κ3) is 7.81. The summed E-state index contributed by atoms with van der Waals surface area (Å²) in [4.78, 5) is 22.1. The van der Waals surface area contributed by atoms with Gasteiger partial charge in [-0.15, -0.1) is 0 Å². The Morgan fingerprint density at radius 1 is 0.742 bits per heavy atom. The van der Waals surface area contributed by atoms with Crippen LogP contribution in [-0.4, -0.2) is 47.2 Å². The molecule has 0 aliphatic carbocycles. The number of aliphatic hydroxyl groups excluding tert-OH is 2. The first-order valence-electron chi connectivity index (χ1n) is 10.4. The van der Waals surface area contributed by atoms with Crippen LogP contribution in [0.15, 0.2) is 48.5 Å². The van der Waals surface area contributed by atoms with Gasteiger partial charge in [-0.25, -0.2) is 0 Å². The van der Waals surface area contributed by atoms with Gasteiger partial charge in [-0.05, 0) is 49.2 Å². The maximum Gasteiger partial charge on any atom is 0.132 e. The number of aliphatic hydroxyl groups is 2. The van der Waals surface area contributed by atoms with Crippen molar-refractivity contribution in [1.82, 2.24) is 0 Å². The van der Waals surface area contributed by atoms with Crippen LogP contribution in [0.25, 0.3) is 0 Å². The summed E-state index contributed by atoms with van der Waals surface area (Å²) >= 11 is 0. The van der Waals surface area contributed by atoms with Crippen LogP contribution >= 0.6 is 0 Å². The molecule has 2 atom stereocenters. The van der Waals surface area contributed by atoms with E-state index in [1.165, 1.54) is 13.8 Å². The summed E-state index contributed by atoms with van der Waals surface area (Å²) < 4.78 is 11.1. The Labute approximate surface area is 183 Å². The number of ketones is 2. The molecule has 2 N–H and O–H groups in total. The van der Waals surface area contributed by atoms with Crippen molar-refractivity contribution >= 4 is 11.6 Å². The number of ether oxygens (including phenoxy) is 2. The Bertz CT molecular complexity index is 783. The van der Waals surface area contributed by atoms with Gasteiger partial charge in [0.15, 0.2) is 0 Å². The number of hydrogen-bond donors (Lipinski definition) is 2. The molecular weight excluding hydrogens is 396 g/mol. The topological polar surface area (TPSA) is 93.1 Å². The normalized spacial score (nSPS) is 13.4. The Balaban J connectivity index is 1.97. The molecule has 0 saturated carbocycles. The van der Waals surface area contributed by atoms with Crippen molar-refractivity contribution in [2.75, 3.05) is 13.2 Å². The molecule has 2 rings (SSSR count). The van der Waals surface area contributed by atoms with Crippen molar-refractivity contribution in [3.8, 4) is 11.5 Å². The second-order valence-corrected chi connectivity index (χ2v) is 8.42. The highest BCUT2D eigenvalue weighted by molar-refractivity contribution is 5.76. The lowest BCUT2D eigenvalue weighted by molar-refractivity contribution is -0.120. The monoisotopic (exact) mass is 428 g/mol. The number of carbonyl (C=O) groups excluding carboxylic acids is 2. The van der Waals surface area contributed by atoms with Gasteiger partial charge in [0.2, 0.25) is 0 Å². The first kappa shape index (κ1) is 24.6. The molecule has 0 aromatic heterocycles. The summed E-state index contributed by atoms with van der Waals surface area (Å²) in [5.41, 5.74) is 1.92. The van der Waals surface area contributed by atoms with E-state index in [1.807, 2.05) is 48.5 Å². The lowest BCUT2D eigenvalue weighted by Gasteiger charge is -2.26. The average Bonchev–Trinajstić information content (AvgIpc) is 2.70. The summed E-state index contributed by atoms with van der Waals surface area (Å²) in [5, 5.41) is 19.5. The maximum atomic E-state index is 11.0. The molecule has 2 aromatic carbocycles. The fraction of sp³-hybridized carbons (Fsp3) is 0.440. The molecule has 0 aliphatic heterocycles. The van der Waals surface area contributed by atoms with E-state index in [1.54, 1.807) is 0 Å². The number of Topliss-reactive ketones (excluding diaryl/α,β-unsaturated/α-hetero) is 2. The van der Waals surface area contributed by atoms with Crippen LogP contribution in [0.4, 0.5) is 0 Å². The van der Waals surface area contributed by atoms with Crippen molar-refractivity contribution in [2.45, 2.75) is 58.2 Å². The zero-order valence-corrected chi connectivity index (χ0v) is 18.6. The highest BCUT2D eigenvalue weighted by Gasteiger charge is 2.23. The quantitative estimate of drug-likeness (QED) is 0.538. The Kier molecular flexibility index (Phi) is 8.77. The highest BCUT2D eigenvalue weighted by atomic mass is 16.5. The van der Waals surface area contributed by atoms with Gasteiger partial charge in [-0.3, -0.25) is 9.59 Å². The molecule has 0 spiro atoms. The van der Waals surface area contributed by atoms with E-state index < -0.39 is 12.2 Å². The van der Waals surface area contributed by atoms with Crippen LogP contribution in [-0.2, 0) is 15.0 Å². The third-order valence-electron chi connectivity index (χ3n) is 5.08. The van der Waals surface area contributed by atoms with Gasteiger partial charge >= 0.3 is 0 Å². The smallest absolute Gasteiger partial charge is 0.132 e. The van der Waals surface area contributed by atoms with Crippen LogP contribution < -0.4 is 9.47 Å². The summed E-state index contributed by atoms with van der Waals surface area (Å²) in [6, 6.07) is 15.3. The SMILES string of the molecule is CC(=O)CC(O)COc1ccc(C(C)(C)c2ccc(OCC(O)CC(C)=O)cc2)cc1. The number of rotatable bonds is 12. The van der Waals surface area contributed by atoms with Crippen molar-refractivity contribution in [1.29, 1.82) is 0 Å². The van der Waals surface area contributed by atoms with E-state index in [-0.39, 0.29) is 43.0 Å². The molecule has 0 fully saturated rings. The van der Waals surface area contributed by atoms with Crippen LogP contribution in [0.2, 0.25) is 0 Å². The Morgan fingerprint density at radius 3 is 1.35 bits per heavy atom. The Morgan fingerprint density at radius 2 is 1.06 bits per heavy atom. The predicted molar refractivity (Wildman–Crippen MR) is 119 cm³/mol. The summed E-state index contributed by atoms with van der Waals surface area (Å²) in [5.74, 6) is 1.12. The summed E-state index contributed by atoms with van der Waals surface area (Å²) in [6.45, 7) is 7.27. The van der Waals surface area contributed by atoms with E-state index in [9.17, 15) is 19.8 Å². The largest absolute Gasteiger partial charge is 0.491 e. The summed E-state index contributed by atoms with van der Waals surface area (Å²) in [7, 11) is 0. The average molecular weight is 429 g/mol. The van der Waals surface area contributed by atoms with Gasteiger partial charge in [0.1, 0.15) is 36.3 Å². The fourth-order valence-electron chi connectivity index (χ4n) is 3.27. The molecule has 168 valence electrons. The fourth-order valence-corrected chi connectivity index (χ4v) is 3.27. The minimum atomic E-state index is -0.807. The molecule has 2 aromatic rings. The van der Waals surface area contributed by atoms with Gasteiger partial charge in [0.25, 0.3) is 0 Å². The predicted octanol–water partition coefficient (Wildman–Crippen LogP) is 3.45. The van der Waals surface area contributed by atoms with E-state index in [4.69, 9.17) is 9.47 Å². The number of carbonyl (C=O) groups is 2. The van der Waals surface area contributed by atoms with E-state index >= 15 is 0 Å². The third-order valence-corrected chi connectivity index (χ3v) is 5.08. The van der Waals surface area contributed by atoms with Gasteiger partial charge in [-0.2, -0.15) is 0 Å². The van der Waals surface area contributed by atoms with Crippen molar-refractivity contribution in [3.05, 3.63) is 59.7 Å². The van der Waals surface area contributed by atoms with Gasteiger partial charge in [0.05, 0.1) is 12.2 Å². The second kappa shape index (κ2) is 11.1. The van der Waals surface area contributed by atoms with Gasteiger partial charge in [0, 0.05) is 18.3 Å².